The zero-order valence-corrected chi connectivity index (χ0v) is 12.7. The molecule has 116 valence electrons. The highest BCUT2D eigenvalue weighted by molar-refractivity contribution is 5.80. The second kappa shape index (κ2) is 8.09. The van der Waals surface area contributed by atoms with E-state index in [0.29, 0.717) is 13.2 Å². The number of nitrogens with zero attached hydrogens (tertiary/aromatic N) is 2. The summed E-state index contributed by atoms with van der Waals surface area (Å²) in [7, 11) is 1.59. The Morgan fingerprint density at radius 1 is 1.30 bits per heavy atom. The highest BCUT2D eigenvalue weighted by atomic mass is 16.5. The van der Waals surface area contributed by atoms with Gasteiger partial charge in [0.15, 0.2) is 0 Å². The monoisotopic (exact) mass is 286 g/mol. The number of carboxylic acid groups (broad SMARTS) is 1. The Morgan fingerprint density at radius 2 is 1.90 bits per heavy atom. The molecular weight excluding hydrogens is 260 g/mol. The van der Waals surface area contributed by atoms with E-state index in [1.807, 2.05) is 13.8 Å². The van der Waals surface area contributed by atoms with Crippen LogP contribution in [0.4, 0.5) is 4.79 Å². The van der Waals surface area contributed by atoms with Gasteiger partial charge in [-0.15, -0.1) is 0 Å². The number of rotatable bonds is 7. The molecule has 2 amide bonds. The summed E-state index contributed by atoms with van der Waals surface area (Å²) in [6.07, 6.45) is 3.92. The van der Waals surface area contributed by atoms with Crippen LogP contribution in [-0.2, 0) is 9.53 Å². The number of hydrogen-bond acceptors (Lipinski definition) is 3. The van der Waals surface area contributed by atoms with E-state index in [2.05, 4.69) is 0 Å². The maximum atomic E-state index is 12.6. The number of carboxylic acids is 1. The molecule has 0 atom stereocenters. The topological polar surface area (TPSA) is 70.1 Å². The van der Waals surface area contributed by atoms with E-state index in [1.165, 1.54) is 4.90 Å². The summed E-state index contributed by atoms with van der Waals surface area (Å²) in [5.41, 5.74) is 0. The normalized spacial score (nSPS) is 15.6. The Bertz CT molecular complexity index is 327. The van der Waals surface area contributed by atoms with Gasteiger partial charge in [-0.2, -0.15) is 0 Å². The van der Waals surface area contributed by atoms with Crippen LogP contribution in [0.15, 0.2) is 0 Å². The summed E-state index contributed by atoms with van der Waals surface area (Å²) in [6, 6.07) is -0.107. The van der Waals surface area contributed by atoms with Crippen LogP contribution in [0.3, 0.4) is 0 Å². The molecule has 1 N–H and O–H groups in total. The van der Waals surface area contributed by atoms with Crippen LogP contribution in [0.5, 0.6) is 0 Å². The van der Waals surface area contributed by atoms with Crippen molar-refractivity contribution in [2.45, 2.75) is 51.6 Å². The van der Waals surface area contributed by atoms with Gasteiger partial charge in [0.2, 0.25) is 0 Å². The highest BCUT2D eigenvalue weighted by Crippen LogP contribution is 2.24. The first-order valence-electron chi connectivity index (χ1n) is 7.25. The van der Waals surface area contributed by atoms with Crippen molar-refractivity contribution < 1.29 is 19.4 Å². The van der Waals surface area contributed by atoms with E-state index in [-0.39, 0.29) is 24.7 Å². The van der Waals surface area contributed by atoms with Crippen molar-refractivity contribution >= 4 is 12.0 Å². The Morgan fingerprint density at radius 3 is 2.35 bits per heavy atom. The fourth-order valence-corrected chi connectivity index (χ4v) is 2.64. The minimum atomic E-state index is -0.958. The summed E-state index contributed by atoms with van der Waals surface area (Å²) in [4.78, 5) is 26.9. The molecule has 0 aromatic heterocycles. The maximum absolute atomic E-state index is 12.6. The van der Waals surface area contributed by atoms with Gasteiger partial charge in [-0.1, -0.05) is 12.8 Å². The first-order valence-corrected chi connectivity index (χ1v) is 7.25. The van der Waals surface area contributed by atoms with Gasteiger partial charge in [-0.05, 0) is 26.7 Å². The van der Waals surface area contributed by atoms with Gasteiger partial charge < -0.3 is 19.6 Å². The molecule has 0 saturated heterocycles. The minimum absolute atomic E-state index is 0.0235. The number of carbonyl (C=O) groups excluding carboxylic acids is 1. The van der Waals surface area contributed by atoms with Crippen molar-refractivity contribution in [1.82, 2.24) is 9.80 Å². The molecule has 0 aromatic rings. The molecule has 1 fully saturated rings. The summed E-state index contributed by atoms with van der Waals surface area (Å²) in [5, 5.41) is 9.05. The first-order chi connectivity index (χ1) is 9.47. The standard InChI is InChI=1S/C14H26N2O4/c1-11(2)15(8-9-20-3)14(19)16(10-13(17)18)12-6-4-5-7-12/h11-12H,4-10H2,1-3H3,(H,17,18). The average Bonchev–Trinajstić information content (AvgIpc) is 2.89. The van der Waals surface area contributed by atoms with E-state index in [1.54, 1.807) is 12.0 Å². The molecule has 1 saturated carbocycles. The molecule has 0 bridgehead atoms. The molecule has 6 nitrogen and oxygen atoms in total. The number of hydrogen-bond donors (Lipinski definition) is 1. The Labute approximate surface area is 120 Å². The summed E-state index contributed by atoms with van der Waals surface area (Å²) in [6.45, 7) is 4.58. The number of ether oxygens (including phenoxy) is 1. The van der Waals surface area contributed by atoms with E-state index in [9.17, 15) is 9.59 Å². The molecule has 1 aliphatic carbocycles. The third-order valence-corrected chi connectivity index (χ3v) is 3.72. The van der Waals surface area contributed by atoms with Gasteiger partial charge in [0.25, 0.3) is 0 Å². The summed E-state index contributed by atoms with van der Waals surface area (Å²) >= 11 is 0. The van der Waals surface area contributed by atoms with E-state index < -0.39 is 5.97 Å². The van der Waals surface area contributed by atoms with Gasteiger partial charge in [0.05, 0.1) is 6.61 Å². The number of carbonyl (C=O) groups is 2. The van der Waals surface area contributed by atoms with Crippen molar-refractivity contribution in [2.75, 3.05) is 26.8 Å². The smallest absolute Gasteiger partial charge is 0.323 e. The molecule has 20 heavy (non-hydrogen) atoms. The molecule has 0 aliphatic heterocycles. The number of urea groups is 1. The lowest BCUT2D eigenvalue weighted by Gasteiger charge is -2.35. The molecule has 1 rings (SSSR count). The Hall–Kier alpha value is -1.30. The van der Waals surface area contributed by atoms with Crippen molar-refractivity contribution in [1.29, 1.82) is 0 Å². The number of aliphatic carboxylic acids is 1. The average molecular weight is 286 g/mol. The van der Waals surface area contributed by atoms with Gasteiger partial charge in [-0.25, -0.2) is 4.79 Å². The van der Waals surface area contributed by atoms with Gasteiger partial charge in [0, 0.05) is 25.7 Å². The molecule has 0 spiro atoms. The Kier molecular flexibility index (Phi) is 6.78. The first kappa shape index (κ1) is 16.8. The molecule has 0 heterocycles. The lowest BCUT2D eigenvalue weighted by atomic mass is 10.2. The van der Waals surface area contributed by atoms with Crippen LogP contribution >= 0.6 is 0 Å². The molecule has 0 unspecified atom stereocenters. The van der Waals surface area contributed by atoms with Crippen molar-refractivity contribution in [2.24, 2.45) is 0 Å². The quantitative estimate of drug-likeness (QED) is 0.774. The van der Waals surface area contributed by atoms with Crippen molar-refractivity contribution in [3.63, 3.8) is 0 Å². The molecular formula is C14H26N2O4. The van der Waals surface area contributed by atoms with Crippen molar-refractivity contribution in [3.05, 3.63) is 0 Å². The van der Waals surface area contributed by atoms with E-state index in [0.717, 1.165) is 25.7 Å². The molecule has 0 radical (unpaired) electrons. The molecule has 0 aromatic carbocycles. The molecule has 6 heteroatoms. The third-order valence-electron chi connectivity index (χ3n) is 3.72. The lowest BCUT2D eigenvalue weighted by molar-refractivity contribution is -0.138. The zero-order chi connectivity index (χ0) is 15.1. The van der Waals surface area contributed by atoms with E-state index >= 15 is 0 Å². The zero-order valence-electron chi connectivity index (χ0n) is 12.7. The molecule has 1 aliphatic rings. The Balaban J connectivity index is 2.79. The number of methoxy groups -OCH3 is 1. The predicted molar refractivity (Wildman–Crippen MR) is 75.7 cm³/mol. The van der Waals surface area contributed by atoms with E-state index in [4.69, 9.17) is 9.84 Å². The minimum Gasteiger partial charge on any atom is -0.480 e. The second-order valence-corrected chi connectivity index (χ2v) is 5.52. The fourth-order valence-electron chi connectivity index (χ4n) is 2.64. The van der Waals surface area contributed by atoms with Crippen LogP contribution in [0.2, 0.25) is 0 Å². The van der Waals surface area contributed by atoms with Crippen LogP contribution in [0.1, 0.15) is 39.5 Å². The summed E-state index contributed by atoms with van der Waals surface area (Å²) < 4.78 is 5.03. The van der Waals surface area contributed by atoms with Gasteiger partial charge in [0.1, 0.15) is 6.54 Å². The van der Waals surface area contributed by atoms with Crippen LogP contribution in [-0.4, -0.2) is 65.8 Å². The number of amides is 2. The van der Waals surface area contributed by atoms with Gasteiger partial charge in [-0.3, -0.25) is 4.79 Å². The fraction of sp³-hybridized carbons (Fsp3) is 0.857. The highest BCUT2D eigenvalue weighted by Gasteiger charge is 2.32. The second-order valence-electron chi connectivity index (χ2n) is 5.52. The van der Waals surface area contributed by atoms with Crippen molar-refractivity contribution in [3.8, 4) is 0 Å². The SMILES string of the molecule is COCCN(C(=O)N(CC(=O)O)C1CCCC1)C(C)C. The summed E-state index contributed by atoms with van der Waals surface area (Å²) in [5.74, 6) is -0.958. The van der Waals surface area contributed by atoms with Crippen LogP contribution in [0, 0.1) is 0 Å². The third kappa shape index (κ3) is 4.67. The lowest BCUT2D eigenvalue weighted by Crippen LogP contribution is -2.52. The largest absolute Gasteiger partial charge is 0.480 e. The van der Waals surface area contributed by atoms with Crippen LogP contribution in [0.25, 0.3) is 0 Å². The maximum Gasteiger partial charge on any atom is 0.323 e. The van der Waals surface area contributed by atoms with Crippen LogP contribution < -0.4 is 0 Å². The van der Waals surface area contributed by atoms with Gasteiger partial charge >= 0.3 is 12.0 Å². The predicted octanol–water partition coefficient (Wildman–Crippen LogP) is 1.79.